The van der Waals surface area contributed by atoms with E-state index in [-0.39, 0.29) is 11.9 Å². The van der Waals surface area contributed by atoms with Gasteiger partial charge in [0.1, 0.15) is 5.75 Å². The van der Waals surface area contributed by atoms with Gasteiger partial charge in [0.2, 0.25) is 5.91 Å². The minimum absolute atomic E-state index is 0.0215. The third-order valence-corrected chi connectivity index (χ3v) is 5.60. The molecule has 4 rings (SSSR count). The van der Waals surface area contributed by atoms with Crippen LogP contribution in [-0.4, -0.2) is 36.5 Å². The molecular weight excluding hydrogens is 336 g/mol. The molecule has 0 spiro atoms. The van der Waals surface area contributed by atoms with E-state index in [1.807, 2.05) is 18.2 Å². The number of benzene rings is 2. The summed E-state index contributed by atoms with van der Waals surface area (Å²) in [5.74, 6) is 1.11. The Bertz CT molecular complexity index is 783. The first-order valence-corrected chi connectivity index (χ1v) is 10.0. The molecule has 0 aromatic heterocycles. The molecule has 1 saturated carbocycles. The topological polar surface area (TPSA) is 41.6 Å². The number of hydrogen-bond donors (Lipinski definition) is 1. The van der Waals surface area contributed by atoms with E-state index in [1.54, 1.807) is 7.11 Å². The maximum Gasteiger partial charge on any atom is 0.237 e. The molecule has 1 aliphatic heterocycles. The molecule has 4 heteroatoms. The lowest BCUT2D eigenvalue weighted by molar-refractivity contribution is -0.128. The SMILES string of the molecule is COc1ccccc1-c1ccc(CN2CCCCC2C(=O)NC2CC2)cc1. The molecule has 142 valence electrons. The third kappa shape index (κ3) is 4.33. The zero-order valence-corrected chi connectivity index (χ0v) is 16.0. The standard InChI is InChI=1S/C23H28N2O2/c1-27-22-8-3-2-6-20(22)18-11-9-17(10-12-18)16-25-15-5-4-7-21(25)23(26)24-19-13-14-19/h2-3,6,8-12,19,21H,4-5,7,13-16H2,1H3,(H,24,26). The van der Waals surface area contributed by atoms with Crippen molar-refractivity contribution in [2.45, 2.75) is 50.7 Å². The largest absolute Gasteiger partial charge is 0.496 e. The molecule has 0 radical (unpaired) electrons. The number of nitrogens with one attached hydrogen (secondary N) is 1. The third-order valence-electron chi connectivity index (χ3n) is 5.60. The van der Waals surface area contributed by atoms with Gasteiger partial charge in [-0.25, -0.2) is 0 Å². The van der Waals surface area contributed by atoms with Crippen LogP contribution in [0.3, 0.4) is 0 Å². The van der Waals surface area contributed by atoms with E-state index in [0.717, 1.165) is 55.6 Å². The molecule has 27 heavy (non-hydrogen) atoms. The summed E-state index contributed by atoms with van der Waals surface area (Å²) in [6, 6.07) is 17.2. The Kier molecular flexibility index (Phi) is 5.44. The number of para-hydroxylation sites is 1. The van der Waals surface area contributed by atoms with Gasteiger partial charge in [0.25, 0.3) is 0 Å². The highest BCUT2D eigenvalue weighted by Crippen LogP contribution is 2.30. The molecule has 2 aromatic rings. The van der Waals surface area contributed by atoms with Gasteiger partial charge in [0, 0.05) is 18.2 Å². The van der Waals surface area contributed by atoms with Crippen LogP contribution in [-0.2, 0) is 11.3 Å². The maximum atomic E-state index is 12.6. The summed E-state index contributed by atoms with van der Waals surface area (Å²) < 4.78 is 5.48. The number of ether oxygens (including phenoxy) is 1. The Morgan fingerprint density at radius 1 is 1.07 bits per heavy atom. The van der Waals surface area contributed by atoms with E-state index in [1.165, 1.54) is 12.0 Å². The lowest BCUT2D eigenvalue weighted by Crippen LogP contribution is -2.49. The zero-order chi connectivity index (χ0) is 18.6. The van der Waals surface area contributed by atoms with Crippen molar-refractivity contribution in [3.05, 3.63) is 54.1 Å². The minimum Gasteiger partial charge on any atom is -0.496 e. The van der Waals surface area contributed by atoms with Gasteiger partial charge in [-0.1, -0.05) is 48.9 Å². The molecule has 1 atom stereocenters. The quantitative estimate of drug-likeness (QED) is 0.842. The zero-order valence-electron chi connectivity index (χ0n) is 16.0. The van der Waals surface area contributed by atoms with Gasteiger partial charge in [-0.05, 0) is 49.4 Å². The molecule has 0 bridgehead atoms. The smallest absolute Gasteiger partial charge is 0.237 e. The first-order valence-electron chi connectivity index (χ1n) is 10.0. The number of methoxy groups -OCH3 is 1. The van der Waals surface area contributed by atoms with Gasteiger partial charge in [0.05, 0.1) is 13.2 Å². The predicted molar refractivity (Wildman–Crippen MR) is 108 cm³/mol. The number of carbonyl (C=O) groups excluding carboxylic acids is 1. The van der Waals surface area contributed by atoms with Crippen LogP contribution < -0.4 is 10.1 Å². The molecule has 1 saturated heterocycles. The van der Waals surface area contributed by atoms with Crippen molar-refractivity contribution in [1.82, 2.24) is 10.2 Å². The van der Waals surface area contributed by atoms with E-state index in [4.69, 9.17) is 4.74 Å². The van der Waals surface area contributed by atoms with Gasteiger partial charge in [-0.3, -0.25) is 9.69 Å². The second-order valence-electron chi connectivity index (χ2n) is 7.66. The fourth-order valence-corrected chi connectivity index (χ4v) is 3.91. The van der Waals surface area contributed by atoms with Crippen LogP contribution in [0.5, 0.6) is 5.75 Å². The Hall–Kier alpha value is -2.33. The normalized spacial score (nSPS) is 20.3. The summed E-state index contributed by atoms with van der Waals surface area (Å²) in [5.41, 5.74) is 3.50. The highest BCUT2D eigenvalue weighted by molar-refractivity contribution is 5.82. The maximum absolute atomic E-state index is 12.6. The average molecular weight is 364 g/mol. The van der Waals surface area contributed by atoms with Crippen molar-refractivity contribution < 1.29 is 9.53 Å². The van der Waals surface area contributed by atoms with Gasteiger partial charge in [0.15, 0.2) is 0 Å². The average Bonchev–Trinajstić information content (AvgIpc) is 3.53. The van der Waals surface area contributed by atoms with Crippen LogP contribution in [0.1, 0.15) is 37.7 Å². The molecule has 2 fully saturated rings. The Morgan fingerprint density at radius 2 is 1.85 bits per heavy atom. The van der Waals surface area contributed by atoms with Gasteiger partial charge >= 0.3 is 0 Å². The molecule has 1 amide bonds. The predicted octanol–water partition coefficient (Wildman–Crippen LogP) is 4.00. The molecule has 1 N–H and O–H groups in total. The van der Waals surface area contributed by atoms with Crippen LogP contribution in [0.4, 0.5) is 0 Å². The van der Waals surface area contributed by atoms with E-state index < -0.39 is 0 Å². The highest BCUT2D eigenvalue weighted by Gasteiger charge is 2.32. The second kappa shape index (κ2) is 8.13. The van der Waals surface area contributed by atoms with Crippen LogP contribution in [0.15, 0.2) is 48.5 Å². The number of likely N-dealkylation sites (tertiary alicyclic amines) is 1. The number of nitrogens with zero attached hydrogens (tertiary/aromatic N) is 1. The van der Waals surface area contributed by atoms with Crippen LogP contribution in [0.25, 0.3) is 11.1 Å². The van der Waals surface area contributed by atoms with E-state index in [9.17, 15) is 4.79 Å². The molecule has 1 heterocycles. The summed E-state index contributed by atoms with van der Waals surface area (Å²) in [7, 11) is 1.70. The number of amides is 1. The Labute approximate surface area is 161 Å². The van der Waals surface area contributed by atoms with E-state index >= 15 is 0 Å². The van der Waals surface area contributed by atoms with Crippen molar-refractivity contribution in [1.29, 1.82) is 0 Å². The van der Waals surface area contributed by atoms with Gasteiger partial charge < -0.3 is 10.1 Å². The lowest BCUT2D eigenvalue weighted by atomic mass is 9.99. The highest BCUT2D eigenvalue weighted by atomic mass is 16.5. The molecule has 1 unspecified atom stereocenters. The van der Waals surface area contributed by atoms with Crippen molar-refractivity contribution in [3.8, 4) is 16.9 Å². The van der Waals surface area contributed by atoms with Crippen molar-refractivity contribution in [3.63, 3.8) is 0 Å². The Balaban J connectivity index is 1.46. The van der Waals surface area contributed by atoms with E-state index in [0.29, 0.717) is 6.04 Å². The first kappa shape index (κ1) is 18.1. The van der Waals surface area contributed by atoms with Crippen LogP contribution in [0, 0.1) is 0 Å². The summed E-state index contributed by atoms with van der Waals surface area (Å²) in [4.78, 5) is 14.9. The molecule has 1 aliphatic carbocycles. The fourth-order valence-electron chi connectivity index (χ4n) is 3.91. The lowest BCUT2D eigenvalue weighted by Gasteiger charge is -2.34. The summed E-state index contributed by atoms with van der Waals surface area (Å²) >= 11 is 0. The first-order chi connectivity index (χ1) is 13.2. The number of carbonyl (C=O) groups is 1. The van der Waals surface area contributed by atoms with Gasteiger partial charge in [-0.15, -0.1) is 0 Å². The van der Waals surface area contributed by atoms with Crippen molar-refractivity contribution in [2.24, 2.45) is 0 Å². The van der Waals surface area contributed by atoms with E-state index in [2.05, 4.69) is 40.5 Å². The Morgan fingerprint density at radius 3 is 2.59 bits per heavy atom. The number of rotatable bonds is 6. The van der Waals surface area contributed by atoms with Gasteiger partial charge in [-0.2, -0.15) is 0 Å². The second-order valence-corrected chi connectivity index (χ2v) is 7.66. The van der Waals surface area contributed by atoms with Crippen molar-refractivity contribution in [2.75, 3.05) is 13.7 Å². The summed E-state index contributed by atoms with van der Waals surface area (Å²) in [6.07, 6.45) is 5.57. The minimum atomic E-state index is 0.0215. The molecule has 4 nitrogen and oxygen atoms in total. The summed E-state index contributed by atoms with van der Waals surface area (Å²) in [5, 5.41) is 3.19. The monoisotopic (exact) mass is 364 g/mol. The van der Waals surface area contributed by atoms with Crippen molar-refractivity contribution >= 4 is 5.91 Å². The molecule has 2 aliphatic rings. The summed E-state index contributed by atoms with van der Waals surface area (Å²) in [6.45, 7) is 1.83. The fraction of sp³-hybridized carbons (Fsp3) is 0.435. The van der Waals surface area contributed by atoms with Crippen LogP contribution in [0.2, 0.25) is 0 Å². The van der Waals surface area contributed by atoms with Crippen LogP contribution >= 0.6 is 0 Å². The number of hydrogen-bond acceptors (Lipinski definition) is 3. The number of piperidine rings is 1. The molecular formula is C23H28N2O2. The molecule has 2 aromatic carbocycles.